The van der Waals surface area contributed by atoms with E-state index >= 15 is 0 Å². The minimum absolute atomic E-state index is 0.590. The summed E-state index contributed by atoms with van der Waals surface area (Å²) >= 11 is 3.41. The van der Waals surface area contributed by atoms with Crippen molar-refractivity contribution in [1.82, 2.24) is 9.97 Å². The molecular formula is C11H12BrN3O. The molecule has 0 spiro atoms. The topological polar surface area (TPSA) is 51.0 Å². The van der Waals surface area contributed by atoms with Crippen LogP contribution in [0.2, 0.25) is 0 Å². The van der Waals surface area contributed by atoms with Gasteiger partial charge < -0.3 is 9.73 Å². The van der Waals surface area contributed by atoms with Crippen molar-refractivity contribution in [3.8, 4) is 11.6 Å². The summed E-state index contributed by atoms with van der Waals surface area (Å²) in [7, 11) is 0. The van der Waals surface area contributed by atoms with Crippen LogP contribution in [0.15, 0.2) is 33.5 Å². The van der Waals surface area contributed by atoms with Gasteiger partial charge in [-0.2, -0.15) is 0 Å². The first-order chi connectivity index (χ1) is 7.81. The van der Waals surface area contributed by atoms with Crippen molar-refractivity contribution in [2.45, 2.75) is 13.3 Å². The smallest absolute Gasteiger partial charge is 0.197 e. The first-order valence-corrected chi connectivity index (χ1v) is 5.91. The van der Waals surface area contributed by atoms with Gasteiger partial charge in [0.05, 0.1) is 10.7 Å². The van der Waals surface area contributed by atoms with E-state index in [1.807, 2.05) is 12.1 Å². The molecule has 0 aromatic carbocycles. The third-order valence-electron chi connectivity index (χ3n) is 2.03. The molecule has 0 aliphatic heterocycles. The van der Waals surface area contributed by atoms with E-state index in [0.717, 1.165) is 23.3 Å². The van der Waals surface area contributed by atoms with Gasteiger partial charge in [-0.25, -0.2) is 9.97 Å². The van der Waals surface area contributed by atoms with Crippen LogP contribution in [0.1, 0.15) is 13.3 Å². The van der Waals surface area contributed by atoms with Crippen molar-refractivity contribution in [2.75, 3.05) is 11.9 Å². The molecule has 5 heteroatoms. The number of nitrogens with one attached hydrogen (secondary N) is 1. The lowest BCUT2D eigenvalue weighted by Gasteiger charge is -2.06. The van der Waals surface area contributed by atoms with Gasteiger partial charge in [0.1, 0.15) is 5.82 Å². The highest BCUT2D eigenvalue weighted by Crippen LogP contribution is 2.23. The summed E-state index contributed by atoms with van der Waals surface area (Å²) in [5.74, 6) is 2.06. The molecule has 0 aliphatic carbocycles. The molecule has 2 rings (SSSR count). The monoisotopic (exact) mass is 281 g/mol. The molecule has 2 aromatic rings. The Kier molecular flexibility index (Phi) is 3.56. The summed E-state index contributed by atoms with van der Waals surface area (Å²) < 4.78 is 6.11. The Morgan fingerprint density at radius 3 is 3.06 bits per heavy atom. The number of nitrogens with zero attached hydrogens (tertiary/aromatic N) is 2. The van der Waals surface area contributed by atoms with Gasteiger partial charge in [-0.05, 0) is 34.5 Å². The van der Waals surface area contributed by atoms with Gasteiger partial charge in [0, 0.05) is 12.7 Å². The second-order valence-corrected chi connectivity index (χ2v) is 4.15. The van der Waals surface area contributed by atoms with Crippen LogP contribution in [0.4, 0.5) is 5.82 Å². The zero-order valence-corrected chi connectivity index (χ0v) is 10.5. The second-order valence-electron chi connectivity index (χ2n) is 3.29. The summed E-state index contributed by atoms with van der Waals surface area (Å²) in [5.41, 5.74) is 0. The Morgan fingerprint density at radius 1 is 1.50 bits per heavy atom. The van der Waals surface area contributed by atoms with Gasteiger partial charge >= 0.3 is 0 Å². The van der Waals surface area contributed by atoms with Crippen LogP contribution in [-0.4, -0.2) is 16.5 Å². The van der Waals surface area contributed by atoms with Crippen molar-refractivity contribution in [3.05, 3.63) is 29.1 Å². The molecule has 0 saturated carbocycles. The van der Waals surface area contributed by atoms with E-state index in [1.165, 1.54) is 0 Å². The van der Waals surface area contributed by atoms with Crippen LogP contribution in [0.5, 0.6) is 0 Å². The molecular weight excluding hydrogens is 270 g/mol. The van der Waals surface area contributed by atoms with Crippen LogP contribution in [0, 0.1) is 0 Å². The van der Waals surface area contributed by atoms with Gasteiger partial charge in [0.15, 0.2) is 11.6 Å². The predicted octanol–water partition coefficient (Wildman–Crippen LogP) is 3.32. The molecule has 16 heavy (non-hydrogen) atoms. The normalized spacial score (nSPS) is 10.4. The van der Waals surface area contributed by atoms with E-state index in [4.69, 9.17) is 4.42 Å². The number of hydrogen-bond donors (Lipinski definition) is 1. The Morgan fingerprint density at radius 2 is 2.38 bits per heavy atom. The Labute approximate surface area is 102 Å². The lowest BCUT2D eigenvalue weighted by molar-refractivity contribution is 0.577. The summed E-state index contributed by atoms with van der Waals surface area (Å²) in [5, 5.41) is 3.23. The minimum Gasteiger partial charge on any atom is -0.461 e. The predicted molar refractivity (Wildman–Crippen MR) is 66.2 cm³/mol. The number of anilines is 1. The Bertz CT molecular complexity index is 456. The van der Waals surface area contributed by atoms with Crippen molar-refractivity contribution in [3.63, 3.8) is 0 Å². The van der Waals surface area contributed by atoms with E-state index < -0.39 is 0 Å². The summed E-state index contributed by atoms with van der Waals surface area (Å²) in [6.45, 7) is 2.99. The van der Waals surface area contributed by atoms with E-state index in [2.05, 4.69) is 38.1 Å². The molecule has 2 aromatic heterocycles. The lowest BCUT2D eigenvalue weighted by atomic mass is 10.4. The highest BCUT2D eigenvalue weighted by Gasteiger charge is 2.08. The minimum atomic E-state index is 0.590. The van der Waals surface area contributed by atoms with E-state index in [0.29, 0.717) is 11.6 Å². The number of hydrogen-bond acceptors (Lipinski definition) is 4. The molecule has 84 valence electrons. The summed E-state index contributed by atoms with van der Waals surface area (Å²) in [6, 6.07) is 3.66. The molecule has 1 N–H and O–H groups in total. The van der Waals surface area contributed by atoms with E-state index in [9.17, 15) is 0 Å². The largest absolute Gasteiger partial charge is 0.461 e. The maximum absolute atomic E-state index is 5.25. The molecule has 0 aliphatic rings. The summed E-state index contributed by atoms with van der Waals surface area (Å²) in [6.07, 6.45) is 4.38. The Hall–Kier alpha value is -1.36. The third-order valence-corrected chi connectivity index (χ3v) is 2.61. The molecule has 4 nitrogen and oxygen atoms in total. The molecule has 0 bridgehead atoms. The second kappa shape index (κ2) is 5.12. The quantitative estimate of drug-likeness (QED) is 0.934. The van der Waals surface area contributed by atoms with Gasteiger partial charge in [0.25, 0.3) is 0 Å². The third kappa shape index (κ3) is 2.41. The zero-order chi connectivity index (χ0) is 11.4. The molecule has 0 amide bonds. The maximum atomic E-state index is 5.25. The number of aromatic nitrogens is 2. The van der Waals surface area contributed by atoms with Crippen LogP contribution in [-0.2, 0) is 0 Å². The van der Waals surface area contributed by atoms with Crippen LogP contribution in [0.3, 0.4) is 0 Å². The Balaban J connectivity index is 2.28. The lowest BCUT2D eigenvalue weighted by Crippen LogP contribution is -2.04. The SMILES string of the molecule is CCCNc1nc(-c2ccco2)ncc1Br. The average Bonchev–Trinajstić information content (AvgIpc) is 2.81. The van der Waals surface area contributed by atoms with Crippen molar-refractivity contribution < 1.29 is 4.42 Å². The van der Waals surface area contributed by atoms with Gasteiger partial charge in [-0.15, -0.1) is 0 Å². The van der Waals surface area contributed by atoms with E-state index in [1.54, 1.807) is 12.5 Å². The first kappa shape index (κ1) is 11.1. The highest BCUT2D eigenvalue weighted by molar-refractivity contribution is 9.10. The van der Waals surface area contributed by atoms with Gasteiger partial charge in [-0.1, -0.05) is 6.92 Å². The van der Waals surface area contributed by atoms with E-state index in [-0.39, 0.29) is 0 Å². The van der Waals surface area contributed by atoms with Gasteiger partial charge in [0.2, 0.25) is 0 Å². The fourth-order valence-electron chi connectivity index (χ4n) is 1.26. The average molecular weight is 282 g/mol. The molecule has 0 saturated heterocycles. The summed E-state index contributed by atoms with van der Waals surface area (Å²) in [4.78, 5) is 8.59. The van der Waals surface area contributed by atoms with Crippen molar-refractivity contribution >= 4 is 21.7 Å². The zero-order valence-electron chi connectivity index (χ0n) is 8.90. The van der Waals surface area contributed by atoms with Crippen molar-refractivity contribution in [2.24, 2.45) is 0 Å². The first-order valence-electron chi connectivity index (χ1n) is 5.11. The molecule has 0 fully saturated rings. The molecule has 0 unspecified atom stereocenters. The van der Waals surface area contributed by atoms with Gasteiger partial charge in [-0.3, -0.25) is 0 Å². The fraction of sp³-hybridized carbons (Fsp3) is 0.273. The van der Waals surface area contributed by atoms with Crippen molar-refractivity contribution in [1.29, 1.82) is 0 Å². The number of halogens is 1. The molecule has 0 radical (unpaired) electrons. The molecule has 0 atom stereocenters. The van der Waals surface area contributed by atoms with Crippen LogP contribution < -0.4 is 5.32 Å². The fourth-order valence-corrected chi connectivity index (χ4v) is 1.59. The maximum Gasteiger partial charge on any atom is 0.197 e. The standard InChI is InChI=1S/C11H12BrN3O/c1-2-5-13-10-8(12)7-14-11(15-10)9-4-3-6-16-9/h3-4,6-7H,2,5H2,1H3,(H,13,14,15). The number of furan rings is 1. The van der Waals surface area contributed by atoms with Crippen LogP contribution in [0.25, 0.3) is 11.6 Å². The highest BCUT2D eigenvalue weighted by atomic mass is 79.9. The number of rotatable bonds is 4. The molecule has 2 heterocycles. The van der Waals surface area contributed by atoms with Crippen LogP contribution >= 0.6 is 15.9 Å².